The van der Waals surface area contributed by atoms with E-state index >= 15 is 0 Å². The summed E-state index contributed by atoms with van der Waals surface area (Å²) in [5.74, 6) is -1.56. The monoisotopic (exact) mass is 406 g/mol. The van der Waals surface area contributed by atoms with Crippen molar-refractivity contribution in [1.29, 1.82) is 0 Å². The van der Waals surface area contributed by atoms with Gasteiger partial charge in [0.2, 0.25) is 0 Å². The molecule has 0 aliphatic heterocycles. The van der Waals surface area contributed by atoms with Crippen LogP contribution in [0, 0.1) is 31.9 Å². The zero-order valence-corrected chi connectivity index (χ0v) is 12.8. The van der Waals surface area contributed by atoms with Crippen LogP contribution in [0.2, 0.25) is 0 Å². The first kappa shape index (κ1) is 21.2. The van der Waals surface area contributed by atoms with Crippen molar-refractivity contribution in [1.82, 2.24) is 0 Å². The Hall–Kier alpha value is -2.82. The second-order valence-electron chi connectivity index (χ2n) is 4.04. The van der Waals surface area contributed by atoms with Crippen LogP contribution in [0.15, 0.2) is 34.8 Å². The highest BCUT2D eigenvalue weighted by Gasteiger charge is 2.12. The third-order valence-electron chi connectivity index (χ3n) is 2.47. The summed E-state index contributed by atoms with van der Waals surface area (Å²) in [7, 11) is 0. The van der Waals surface area contributed by atoms with Gasteiger partial charge in [0.15, 0.2) is 11.6 Å². The molecule has 0 aliphatic carbocycles. The molecule has 0 spiro atoms. The van der Waals surface area contributed by atoms with E-state index < -0.39 is 21.5 Å². The summed E-state index contributed by atoms with van der Waals surface area (Å²) in [6, 6.07) is 5.03. The van der Waals surface area contributed by atoms with Gasteiger partial charge in [0, 0.05) is 12.1 Å². The molecule has 0 atom stereocenters. The fraction of sp³-hybridized carbons (Fsp3) is 0.0769. The average molecular weight is 407 g/mol. The van der Waals surface area contributed by atoms with Crippen molar-refractivity contribution in [2.24, 2.45) is 0 Å². The third-order valence-corrected chi connectivity index (χ3v) is 3.13. The molecule has 0 saturated heterocycles. The Kier molecular flexibility index (Phi) is 7.69. The molecule has 24 heavy (non-hydrogen) atoms. The first-order valence-electron chi connectivity index (χ1n) is 5.71. The van der Waals surface area contributed by atoms with E-state index in [4.69, 9.17) is 11.5 Å². The zero-order chi connectivity index (χ0) is 17.7. The normalized spacial score (nSPS) is 9.29. The van der Waals surface area contributed by atoms with Gasteiger partial charge in [0.05, 0.1) is 37.8 Å². The molecular formula is C13H13BrF2N4O4. The minimum Gasteiger partial charge on any atom is -0.396 e. The fourth-order valence-electron chi connectivity index (χ4n) is 1.31. The van der Waals surface area contributed by atoms with E-state index in [1.807, 2.05) is 0 Å². The van der Waals surface area contributed by atoms with Gasteiger partial charge in [-0.3, -0.25) is 20.2 Å². The summed E-state index contributed by atoms with van der Waals surface area (Å²) in [6.07, 6.45) is 0. The maximum atomic E-state index is 12.7. The number of hydrogen-bond donors (Lipinski definition) is 2. The number of nitro benzene ring substituents is 2. The number of nitrogens with two attached hydrogens (primary N) is 2. The highest BCUT2D eigenvalue weighted by molar-refractivity contribution is 9.10. The molecule has 2 aromatic rings. The maximum Gasteiger partial charge on any atom is 0.273 e. The Balaban J connectivity index is 0.000000425. The van der Waals surface area contributed by atoms with Crippen LogP contribution < -0.4 is 11.5 Å². The first-order chi connectivity index (χ1) is 10.6. The molecule has 0 amide bonds. The third kappa shape index (κ3) is 5.43. The second kappa shape index (κ2) is 8.72. The Morgan fingerprint density at radius 3 is 1.83 bits per heavy atom. The molecule has 0 heterocycles. The summed E-state index contributed by atoms with van der Waals surface area (Å²) in [4.78, 5) is 18.9. The van der Waals surface area contributed by atoms with E-state index in [-0.39, 0.29) is 34.6 Å². The molecule has 0 bridgehead atoms. The van der Waals surface area contributed by atoms with Crippen LogP contribution in [0.1, 0.15) is 7.43 Å². The Labute approximate surface area is 143 Å². The number of non-ortho nitro benzene ring substituents is 2. The van der Waals surface area contributed by atoms with Crippen LogP contribution in [0.3, 0.4) is 0 Å². The van der Waals surface area contributed by atoms with E-state index in [1.54, 1.807) is 0 Å². The number of anilines is 2. The highest BCUT2D eigenvalue weighted by atomic mass is 79.9. The quantitative estimate of drug-likeness (QED) is 0.438. The van der Waals surface area contributed by atoms with E-state index in [0.29, 0.717) is 0 Å². The van der Waals surface area contributed by atoms with Gasteiger partial charge in [-0.1, -0.05) is 7.43 Å². The molecule has 11 heteroatoms. The van der Waals surface area contributed by atoms with Gasteiger partial charge < -0.3 is 11.5 Å². The molecular weight excluding hydrogens is 394 g/mol. The number of halogens is 3. The van der Waals surface area contributed by atoms with E-state index in [1.165, 1.54) is 0 Å². The number of nitrogens with zero attached hydrogens (tertiary/aromatic N) is 2. The van der Waals surface area contributed by atoms with Gasteiger partial charge in [0.1, 0.15) is 0 Å². The number of nitrogen functional groups attached to an aromatic ring is 2. The predicted molar refractivity (Wildman–Crippen MR) is 89.4 cm³/mol. The molecule has 0 saturated carbocycles. The van der Waals surface area contributed by atoms with Gasteiger partial charge in [-0.2, -0.15) is 0 Å². The molecule has 0 unspecified atom stereocenters. The topological polar surface area (TPSA) is 138 Å². The number of hydrogen-bond acceptors (Lipinski definition) is 6. The largest absolute Gasteiger partial charge is 0.396 e. The fourth-order valence-corrected chi connectivity index (χ4v) is 1.73. The lowest BCUT2D eigenvalue weighted by atomic mass is 10.3. The van der Waals surface area contributed by atoms with E-state index in [2.05, 4.69) is 15.9 Å². The SMILES string of the molecule is C.Nc1c(F)cc([N+](=O)[O-])cc1Br.Nc1ccc([N+](=O)[O-])cc1F. The van der Waals surface area contributed by atoms with Crippen LogP contribution in [-0.2, 0) is 0 Å². The number of benzene rings is 2. The van der Waals surface area contributed by atoms with Crippen LogP contribution in [0.5, 0.6) is 0 Å². The molecule has 2 aromatic carbocycles. The lowest BCUT2D eigenvalue weighted by Crippen LogP contribution is -1.95. The summed E-state index contributed by atoms with van der Waals surface area (Å²) in [5.41, 5.74) is 9.47. The average Bonchev–Trinajstić information content (AvgIpc) is 2.47. The van der Waals surface area contributed by atoms with E-state index in [0.717, 1.165) is 30.3 Å². The molecule has 0 radical (unpaired) electrons. The lowest BCUT2D eigenvalue weighted by Gasteiger charge is -1.98. The Morgan fingerprint density at radius 1 is 0.917 bits per heavy atom. The molecule has 4 N–H and O–H groups in total. The van der Waals surface area contributed by atoms with Crippen LogP contribution in [0.25, 0.3) is 0 Å². The van der Waals surface area contributed by atoms with Crippen molar-refractivity contribution in [3.8, 4) is 0 Å². The molecule has 0 fully saturated rings. The van der Waals surface area contributed by atoms with Gasteiger partial charge in [-0.25, -0.2) is 8.78 Å². The smallest absolute Gasteiger partial charge is 0.273 e. The Bertz CT molecular complexity index is 751. The van der Waals surface area contributed by atoms with Crippen molar-refractivity contribution < 1.29 is 18.6 Å². The van der Waals surface area contributed by atoms with Crippen molar-refractivity contribution in [3.63, 3.8) is 0 Å². The number of rotatable bonds is 2. The molecule has 8 nitrogen and oxygen atoms in total. The van der Waals surface area contributed by atoms with Gasteiger partial charge >= 0.3 is 0 Å². The second-order valence-corrected chi connectivity index (χ2v) is 4.90. The van der Waals surface area contributed by atoms with Crippen LogP contribution in [0.4, 0.5) is 31.5 Å². The lowest BCUT2D eigenvalue weighted by molar-refractivity contribution is -0.385. The summed E-state index contributed by atoms with van der Waals surface area (Å²) in [6.45, 7) is 0. The first-order valence-corrected chi connectivity index (χ1v) is 6.51. The predicted octanol–water partition coefficient (Wildman–Crippen LogP) is 4.03. The molecule has 0 aliphatic rings. The van der Waals surface area contributed by atoms with Crippen LogP contribution >= 0.6 is 15.9 Å². The molecule has 2 rings (SSSR count). The minimum absolute atomic E-state index is 0. The van der Waals surface area contributed by atoms with Gasteiger partial charge in [0.25, 0.3) is 11.4 Å². The van der Waals surface area contributed by atoms with Crippen molar-refractivity contribution in [2.45, 2.75) is 7.43 Å². The van der Waals surface area contributed by atoms with Crippen molar-refractivity contribution in [2.75, 3.05) is 11.5 Å². The van der Waals surface area contributed by atoms with Gasteiger partial charge in [-0.05, 0) is 22.0 Å². The van der Waals surface area contributed by atoms with Gasteiger partial charge in [-0.15, -0.1) is 0 Å². The summed E-state index contributed by atoms with van der Waals surface area (Å²) < 4.78 is 25.4. The standard InChI is InChI=1S/C6H4BrFN2O2.C6H5FN2O2.CH4/c7-4-1-3(10(11)12)2-5(8)6(4)9;7-5-3-4(9(10)11)1-2-6(5)8;/h1-2H,9H2;1-3H,8H2;1H4. The number of nitro groups is 2. The van der Waals surface area contributed by atoms with Crippen molar-refractivity contribution >= 4 is 38.7 Å². The van der Waals surface area contributed by atoms with E-state index in [9.17, 15) is 29.0 Å². The minimum atomic E-state index is -0.795. The summed E-state index contributed by atoms with van der Waals surface area (Å²) in [5, 5.41) is 20.3. The molecule has 130 valence electrons. The summed E-state index contributed by atoms with van der Waals surface area (Å²) >= 11 is 2.90. The Morgan fingerprint density at radius 2 is 1.42 bits per heavy atom. The maximum absolute atomic E-state index is 12.7. The highest BCUT2D eigenvalue weighted by Crippen LogP contribution is 2.27. The zero-order valence-electron chi connectivity index (χ0n) is 11.2. The van der Waals surface area contributed by atoms with Crippen LogP contribution in [-0.4, -0.2) is 9.85 Å². The molecule has 0 aromatic heterocycles. The van der Waals surface area contributed by atoms with Crippen molar-refractivity contribution in [3.05, 3.63) is 66.7 Å².